The second kappa shape index (κ2) is 5.70. The van der Waals surface area contributed by atoms with Crippen LogP contribution in [0.1, 0.15) is 25.3 Å². The van der Waals surface area contributed by atoms with Gasteiger partial charge in [0.05, 0.1) is 0 Å². The van der Waals surface area contributed by atoms with Crippen LogP contribution in [0.15, 0.2) is 24.3 Å². The summed E-state index contributed by atoms with van der Waals surface area (Å²) >= 11 is 0. The molecule has 0 amide bonds. The van der Waals surface area contributed by atoms with Gasteiger partial charge in [-0.2, -0.15) is 0 Å². The quantitative estimate of drug-likeness (QED) is 0.815. The monoisotopic (exact) mass is 251 g/mol. The van der Waals surface area contributed by atoms with Gasteiger partial charge in [-0.3, -0.25) is 4.90 Å². The molecule has 1 aromatic rings. The van der Waals surface area contributed by atoms with Crippen LogP contribution < -0.4 is 4.74 Å². The van der Waals surface area contributed by atoms with Crippen molar-refractivity contribution < 1.29 is 9.13 Å². The van der Waals surface area contributed by atoms with Gasteiger partial charge >= 0.3 is 0 Å². The Morgan fingerprint density at radius 3 is 2.44 bits per heavy atom. The Morgan fingerprint density at radius 1 is 1.22 bits per heavy atom. The number of hydrogen-bond acceptors (Lipinski definition) is 2. The van der Waals surface area contributed by atoms with E-state index in [2.05, 4.69) is 11.8 Å². The lowest BCUT2D eigenvalue weighted by Crippen LogP contribution is -2.41. The third-order valence-corrected chi connectivity index (χ3v) is 3.60. The minimum Gasteiger partial charge on any atom is -0.492 e. The van der Waals surface area contributed by atoms with Gasteiger partial charge in [0.25, 0.3) is 0 Å². The number of nitrogens with zero attached hydrogens (tertiary/aromatic N) is 1. The maximum absolute atomic E-state index is 13.6. The summed E-state index contributed by atoms with van der Waals surface area (Å²) in [5, 5.41) is 0. The average Bonchev–Trinajstić information content (AvgIpc) is 2.34. The number of piperidine rings is 1. The summed E-state index contributed by atoms with van der Waals surface area (Å²) in [4.78, 5) is 2.27. The largest absolute Gasteiger partial charge is 0.492 e. The Hall–Kier alpha value is -1.09. The summed E-state index contributed by atoms with van der Waals surface area (Å²) in [5.41, 5.74) is 0.273. The highest BCUT2D eigenvalue weighted by Gasteiger charge is 2.28. The standard InChI is InChI=1S/C15H22FNO/c1-13-3-5-14(6-4-13)18-12-11-17-9-7-15(2,16)8-10-17/h3-6H,7-12H2,1-2H3. The van der Waals surface area contributed by atoms with Crippen molar-refractivity contribution in [1.82, 2.24) is 4.90 Å². The molecule has 1 aromatic carbocycles. The lowest BCUT2D eigenvalue weighted by Gasteiger charge is -2.33. The summed E-state index contributed by atoms with van der Waals surface area (Å²) in [5.74, 6) is 0.910. The molecule has 1 saturated heterocycles. The second-order valence-electron chi connectivity index (χ2n) is 5.42. The fraction of sp³-hybridized carbons (Fsp3) is 0.600. The van der Waals surface area contributed by atoms with Gasteiger partial charge in [0.1, 0.15) is 18.0 Å². The van der Waals surface area contributed by atoms with E-state index < -0.39 is 5.67 Å². The van der Waals surface area contributed by atoms with Gasteiger partial charge < -0.3 is 4.74 Å². The Balaban J connectivity index is 1.68. The number of halogens is 1. The fourth-order valence-electron chi connectivity index (χ4n) is 2.17. The number of alkyl halides is 1. The highest BCUT2D eigenvalue weighted by atomic mass is 19.1. The van der Waals surface area contributed by atoms with E-state index >= 15 is 0 Å². The van der Waals surface area contributed by atoms with Crippen molar-refractivity contribution in [3.63, 3.8) is 0 Å². The molecule has 0 saturated carbocycles. The van der Waals surface area contributed by atoms with E-state index in [-0.39, 0.29) is 0 Å². The van der Waals surface area contributed by atoms with Crippen molar-refractivity contribution in [3.8, 4) is 5.75 Å². The van der Waals surface area contributed by atoms with E-state index in [0.717, 1.165) is 25.4 Å². The molecule has 18 heavy (non-hydrogen) atoms. The number of rotatable bonds is 4. The molecule has 1 aliphatic heterocycles. The molecule has 3 heteroatoms. The second-order valence-corrected chi connectivity index (χ2v) is 5.42. The van der Waals surface area contributed by atoms with Crippen LogP contribution in [0.3, 0.4) is 0 Å². The molecule has 0 atom stereocenters. The van der Waals surface area contributed by atoms with E-state index in [0.29, 0.717) is 19.4 Å². The lowest BCUT2D eigenvalue weighted by molar-refractivity contribution is 0.0669. The van der Waals surface area contributed by atoms with Crippen LogP contribution in [-0.4, -0.2) is 36.8 Å². The summed E-state index contributed by atoms with van der Waals surface area (Å²) in [6.45, 7) is 6.99. The van der Waals surface area contributed by atoms with Gasteiger partial charge in [-0.15, -0.1) is 0 Å². The Morgan fingerprint density at radius 2 is 1.83 bits per heavy atom. The SMILES string of the molecule is Cc1ccc(OCCN2CCC(C)(F)CC2)cc1. The molecule has 1 aliphatic rings. The zero-order valence-corrected chi connectivity index (χ0v) is 11.3. The maximum Gasteiger partial charge on any atom is 0.119 e. The number of aryl methyl sites for hydroxylation is 1. The molecular formula is C15H22FNO. The molecule has 2 nitrogen and oxygen atoms in total. The molecule has 0 bridgehead atoms. The molecule has 1 heterocycles. The molecular weight excluding hydrogens is 229 g/mol. The van der Waals surface area contributed by atoms with Crippen LogP contribution in [0.2, 0.25) is 0 Å². The number of benzene rings is 1. The first-order valence-electron chi connectivity index (χ1n) is 6.66. The molecule has 0 spiro atoms. The van der Waals surface area contributed by atoms with Crippen LogP contribution in [0, 0.1) is 6.92 Å². The summed E-state index contributed by atoms with van der Waals surface area (Å²) in [6.07, 6.45) is 1.27. The van der Waals surface area contributed by atoms with Gasteiger partial charge in [-0.25, -0.2) is 4.39 Å². The van der Waals surface area contributed by atoms with E-state index in [9.17, 15) is 4.39 Å². The number of likely N-dealkylation sites (tertiary alicyclic amines) is 1. The third-order valence-electron chi connectivity index (χ3n) is 3.60. The zero-order chi connectivity index (χ0) is 13.0. The third kappa shape index (κ3) is 3.98. The van der Waals surface area contributed by atoms with Crippen LogP contribution in [-0.2, 0) is 0 Å². The highest BCUT2D eigenvalue weighted by Crippen LogP contribution is 2.25. The predicted molar refractivity (Wildman–Crippen MR) is 71.9 cm³/mol. The van der Waals surface area contributed by atoms with Crippen molar-refractivity contribution >= 4 is 0 Å². The molecule has 0 unspecified atom stereocenters. The molecule has 0 aliphatic carbocycles. The van der Waals surface area contributed by atoms with Gasteiger partial charge in [-0.1, -0.05) is 17.7 Å². The summed E-state index contributed by atoms with van der Waals surface area (Å²) < 4.78 is 19.3. The van der Waals surface area contributed by atoms with Crippen molar-refractivity contribution in [2.24, 2.45) is 0 Å². The van der Waals surface area contributed by atoms with Gasteiger partial charge in [0, 0.05) is 19.6 Å². The van der Waals surface area contributed by atoms with Gasteiger partial charge in [0.2, 0.25) is 0 Å². The Bertz CT molecular complexity index is 365. The van der Waals surface area contributed by atoms with Crippen molar-refractivity contribution in [3.05, 3.63) is 29.8 Å². The smallest absolute Gasteiger partial charge is 0.119 e. The van der Waals surface area contributed by atoms with Gasteiger partial charge in [-0.05, 0) is 38.8 Å². The minimum atomic E-state index is -0.964. The molecule has 2 rings (SSSR count). The van der Waals surface area contributed by atoms with Crippen molar-refractivity contribution in [1.29, 1.82) is 0 Å². The van der Waals surface area contributed by atoms with Gasteiger partial charge in [0.15, 0.2) is 0 Å². The van der Waals surface area contributed by atoms with Crippen LogP contribution in [0.4, 0.5) is 4.39 Å². The van der Waals surface area contributed by atoms with Crippen molar-refractivity contribution in [2.45, 2.75) is 32.4 Å². The number of ether oxygens (including phenoxy) is 1. The zero-order valence-electron chi connectivity index (χ0n) is 11.3. The lowest BCUT2D eigenvalue weighted by atomic mass is 9.96. The van der Waals surface area contributed by atoms with E-state index in [4.69, 9.17) is 4.74 Å². The van der Waals surface area contributed by atoms with E-state index in [1.54, 1.807) is 6.92 Å². The average molecular weight is 251 g/mol. The topological polar surface area (TPSA) is 12.5 Å². The van der Waals surface area contributed by atoms with Crippen LogP contribution in [0.5, 0.6) is 5.75 Å². The maximum atomic E-state index is 13.6. The van der Waals surface area contributed by atoms with E-state index in [1.807, 2.05) is 24.3 Å². The fourth-order valence-corrected chi connectivity index (χ4v) is 2.17. The molecule has 0 aromatic heterocycles. The molecule has 100 valence electrons. The van der Waals surface area contributed by atoms with Crippen molar-refractivity contribution in [2.75, 3.05) is 26.2 Å². The van der Waals surface area contributed by atoms with E-state index in [1.165, 1.54) is 5.56 Å². The summed E-state index contributed by atoms with van der Waals surface area (Å²) in [7, 11) is 0. The normalized spacial score (nSPS) is 19.7. The Kier molecular flexibility index (Phi) is 4.23. The first kappa shape index (κ1) is 13.3. The van der Waals surface area contributed by atoms with Crippen LogP contribution >= 0.6 is 0 Å². The first-order chi connectivity index (χ1) is 8.55. The molecule has 0 radical (unpaired) electrons. The van der Waals surface area contributed by atoms with Crippen LogP contribution in [0.25, 0.3) is 0 Å². The minimum absolute atomic E-state index is 0.636. The molecule has 1 fully saturated rings. The predicted octanol–water partition coefficient (Wildman–Crippen LogP) is 3.20. The first-order valence-corrected chi connectivity index (χ1v) is 6.66. The Labute approximate surface area is 109 Å². The number of hydrogen-bond donors (Lipinski definition) is 0. The highest BCUT2D eigenvalue weighted by molar-refractivity contribution is 5.26. The molecule has 0 N–H and O–H groups in total. The summed E-state index contributed by atoms with van der Waals surface area (Å²) in [6, 6.07) is 8.07.